The number of carbonyl (C=O) groups is 4. The van der Waals surface area contributed by atoms with Crippen LogP contribution < -0.4 is 5.32 Å². The van der Waals surface area contributed by atoms with Gasteiger partial charge in [0.1, 0.15) is 25.4 Å². The summed E-state index contributed by atoms with van der Waals surface area (Å²) in [7, 11) is 0. The van der Waals surface area contributed by atoms with E-state index in [0.29, 0.717) is 25.0 Å². The molecule has 0 rings (SSSR count). The van der Waals surface area contributed by atoms with E-state index < -0.39 is 18.1 Å². The molecule has 0 aromatic heterocycles. The molecule has 0 radical (unpaired) electrons. The Hall–Kier alpha value is -2.03. The molecule has 0 aromatic carbocycles. The summed E-state index contributed by atoms with van der Waals surface area (Å²) in [6.45, 7) is 10.5. The summed E-state index contributed by atoms with van der Waals surface area (Å²) in [5.74, 6) is -0.657. The van der Waals surface area contributed by atoms with Gasteiger partial charge in [-0.05, 0) is 19.3 Å². The van der Waals surface area contributed by atoms with Crippen LogP contribution in [0.25, 0.3) is 0 Å². The smallest absolute Gasteiger partial charge is 0.329 e. The number of hydrogen-bond donors (Lipinski definition) is 1. The second kappa shape index (κ2) is 52.3. The molecule has 0 aliphatic carbocycles. The maximum absolute atomic E-state index is 13.0. The summed E-state index contributed by atoms with van der Waals surface area (Å²) in [6.07, 6.45) is 50.2. The van der Waals surface area contributed by atoms with Crippen LogP contribution in [0, 0.1) is 0 Å². The molecular formula is C57H107NO7S. The quantitative estimate of drug-likeness (QED) is 0.0278. The van der Waals surface area contributed by atoms with Gasteiger partial charge in [-0.15, -0.1) is 0 Å². The SMILES string of the molecule is C=CCOC(=O)[C@@H](CSCC(COC(=O)CCCCCCCCCCCCCCC)OC(=O)CCCCCCCCCCCCCCC)NC(=O)CCCCCCCCCCCCCCC. The van der Waals surface area contributed by atoms with E-state index in [-0.39, 0.29) is 36.8 Å². The van der Waals surface area contributed by atoms with Gasteiger partial charge in [0.15, 0.2) is 0 Å². The van der Waals surface area contributed by atoms with Crippen molar-refractivity contribution >= 4 is 35.6 Å². The van der Waals surface area contributed by atoms with Crippen LogP contribution in [0.3, 0.4) is 0 Å². The van der Waals surface area contributed by atoms with Crippen LogP contribution in [0.2, 0.25) is 0 Å². The number of rotatable bonds is 53. The van der Waals surface area contributed by atoms with E-state index in [1.807, 2.05) is 0 Å². The second-order valence-electron chi connectivity index (χ2n) is 19.3. The first-order chi connectivity index (χ1) is 32.4. The fourth-order valence-electron chi connectivity index (χ4n) is 8.49. The third-order valence-electron chi connectivity index (χ3n) is 12.8. The molecule has 0 saturated carbocycles. The summed E-state index contributed by atoms with van der Waals surface area (Å²) >= 11 is 1.39. The van der Waals surface area contributed by atoms with Crippen molar-refractivity contribution in [3.63, 3.8) is 0 Å². The van der Waals surface area contributed by atoms with Crippen LogP contribution in [0.5, 0.6) is 0 Å². The summed E-state index contributed by atoms with van der Waals surface area (Å²) in [5, 5.41) is 2.90. The third-order valence-corrected chi connectivity index (χ3v) is 13.9. The first-order valence-electron chi connectivity index (χ1n) is 28.4. The van der Waals surface area contributed by atoms with Crippen LogP contribution in [0.15, 0.2) is 12.7 Å². The van der Waals surface area contributed by atoms with Gasteiger partial charge in [0.25, 0.3) is 0 Å². The van der Waals surface area contributed by atoms with E-state index in [1.165, 1.54) is 210 Å². The fourth-order valence-corrected chi connectivity index (χ4v) is 9.51. The highest BCUT2D eigenvalue weighted by Gasteiger charge is 2.24. The maximum atomic E-state index is 13.0. The predicted octanol–water partition coefficient (Wildman–Crippen LogP) is 16.8. The summed E-state index contributed by atoms with van der Waals surface area (Å²) < 4.78 is 16.9. The molecule has 0 saturated heterocycles. The average Bonchev–Trinajstić information content (AvgIpc) is 3.31. The highest BCUT2D eigenvalue weighted by atomic mass is 32.2. The van der Waals surface area contributed by atoms with Gasteiger partial charge in [-0.3, -0.25) is 14.4 Å². The lowest BCUT2D eigenvalue weighted by molar-refractivity contribution is -0.157. The lowest BCUT2D eigenvalue weighted by Gasteiger charge is -2.20. The van der Waals surface area contributed by atoms with E-state index >= 15 is 0 Å². The minimum atomic E-state index is -0.843. The van der Waals surface area contributed by atoms with Crippen molar-refractivity contribution in [3.8, 4) is 0 Å². The molecule has 0 aliphatic heterocycles. The lowest BCUT2D eigenvalue weighted by Crippen LogP contribution is -2.44. The first kappa shape index (κ1) is 64.0. The van der Waals surface area contributed by atoms with Gasteiger partial charge in [-0.25, -0.2) is 4.79 Å². The highest BCUT2D eigenvalue weighted by molar-refractivity contribution is 7.99. The number of ether oxygens (including phenoxy) is 3. The Morgan fingerprint density at radius 3 is 1.14 bits per heavy atom. The van der Waals surface area contributed by atoms with Crippen LogP contribution in [0.1, 0.15) is 290 Å². The molecule has 0 spiro atoms. The molecule has 1 amide bonds. The van der Waals surface area contributed by atoms with E-state index in [9.17, 15) is 19.2 Å². The Morgan fingerprint density at radius 1 is 0.439 bits per heavy atom. The zero-order valence-electron chi connectivity index (χ0n) is 43.7. The topological polar surface area (TPSA) is 108 Å². The zero-order valence-corrected chi connectivity index (χ0v) is 44.5. The van der Waals surface area contributed by atoms with E-state index in [1.54, 1.807) is 0 Å². The molecule has 388 valence electrons. The van der Waals surface area contributed by atoms with Crippen molar-refractivity contribution in [2.24, 2.45) is 0 Å². The van der Waals surface area contributed by atoms with Crippen LogP contribution in [0.4, 0.5) is 0 Å². The van der Waals surface area contributed by atoms with Gasteiger partial charge in [-0.2, -0.15) is 11.8 Å². The van der Waals surface area contributed by atoms with Crippen molar-refractivity contribution in [1.29, 1.82) is 0 Å². The minimum absolute atomic E-state index is 0.0222. The summed E-state index contributed by atoms with van der Waals surface area (Å²) in [5.41, 5.74) is 0. The normalized spacial score (nSPS) is 12.2. The van der Waals surface area contributed by atoms with Gasteiger partial charge in [0.05, 0.1) is 0 Å². The van der Waals surface area contributed by atoms with E-state index in [0.717, 1.165) is 57.8 Å². The summed E-state index contributed by atoms with van der Waals surface area (Å²) in [6, 6.07) is -0.843. The average molecular weight is 951 g/mol. The minimum Gasteiger partial charge on any atom is -0.462 e. The Morgan fingerprint density at radius 2 is 0.773 bits per heavy atom. The predicted molar refractivity (Wildman–Crippen MR) is 282 cm³/mol. The van der Waals surface area contributed by atoms with Gasteiger partial charge in [0, 0.05) is 30.8 Å². The van der Waals surface area contributed by atoms with Crippen molar-refractivity contribution < 1.29 is 33.4 Å². The van der Waals surface area contributed by atoms with Crippen LogP contribution in [-0.4, -0.2) is 60.7 Å². The maximum Gasteiger partial charge on any atom is 0.329 e. The summed E-state index contributed by atoms with van der Waals surface area (Å²) in [4.78, 5) is 51.8. The number of amides is 1. The molecule has 66 heavy (non-hydrogen) atoms. The third kappa shape index (κ3) is 47.1. The first-order valence-corrected chi connectivity index (χ1v) is 29.5. The fraction of sp³-hybridized carbons (Fsp3) is 0.895. The number of hydrogen-bond acceptors (Lipinski definition) is 8. The largest absolute Gasteiger partial charge is 0.462 e. The van der Waals surface area contributed by atoms with Crippen LogP contribution >= 0.6 is 11.8 Å². The standard InChI is InChI=1S/C57H107NO7S/c1-5-9-12-15-18-21-24-27-30-33-36-39-42-45-54(59)58-53(57(62)63-48-8-4)51-66-50-52(65-56(61)47-44-41-38-35-32-29-26-23-20-17-14-11-7-3)49-64-55(60)46-43-40-37-34-31-28-25-22-19-16-13-10-6-2/h8,52-53H,4-7,9-51H2,1-3H3,(H,58,59)/t52?,53-/m1/s1. The van der Waals surface area contributed by atoms with Gasteiger partial charge < -0.3 is 19.5 Å². The molecule has 2 atom stereocenters. The molecule has 8 nitrogen and oxygen atoms in total. The molecule has 1 N–H and O–H groups in total. The van der Waals surface area contributed by atoms with Gasteiger partial charge in [-0.1, -0.05) is 265 Å². The van der Waals surface area contributed by atoms with E-state index in [4.69, 9.17) is 14.2 Å². The van der Waals surface area contributed by atoms with E-state index in [2.05, 4.69) is 32.7 Å². The Labute approximate surface area is 412 Å². The molecule has 1 unspecified atom stereocenters. The zero-order chi connectivity index (χ0) is 48.2. The Bertz CT molecular complexity index is 1100. The monoisotopic (exact) mass is 950 g/mol. The molecular weight excluding hydrogens is 843 g/mol. The van der Waals surface area contributed by atoms with Crippen molar-refractivity contribution in [1.82, 2.24) is 5.32 Å². The number of unbranched alkanes of at least 4 members (excludes halogenated alkanes) is 36. The van der Waals surface area contributed by atoms with Gasteiger partial charge in [0.2, 0.25) is 5.91 Å². The highest BCUT2D eigenvalue weighted by Crippen LogP contribution is 2.18. The van der Waals surface area contributed by atoms with Crippen molar-refractivity contribution in [2.45, 2.75) is 303 Å². The number of carbonyl (C=O) groups excluding carboxylic acids is 4. The van der Waals surface area contributed by atoms with Crippen molar-refractivity contribution in [2.75, 3.05) is 24.7 Å². The number of thioether (sulfide) groups is 1. The second-order valence-corrected chi connectivity index (χ2v) is 20.4. The van der Waals surface area contributed by atoms with Gasteiger partial charge >= 0.3 is 17.9 Å². The molecule has 0 bridgehead atoms. The lowest BCUT2D eigenvalue weighted by atomic mass is 10.0. The number of esters is 3. The molecule has 0 fully saturated rings. The molecule has 9 heteroatoms. The Kier molecular flexibility index (Phi) is 50.7. The molecule has 0 heterocycles. The van der Waals surface area contributed by atoms with Crippen LogP contribution in [-0.2, 0) is 33.4 Å². The number of nitrogens with one attached hydrogen (secondary N) is 1. The Balaban J connectivity index is 4.84. The molecule has 0 aliphatic rings. The van der Waals surface area contributed by atoms with Crippen molar-refractivity contribution in [3.05, 3.63) is 12.7 Å². The molecule has 0 aromatic rings.